The van der Waals surface area contributed by atoms with Crippen LogP contribution in [0.25, 0.3) is 54.9 Å². The van der Waals surface area contributed by atoms with Gasteiger partial charge in [-0.1, -0.05) is 173 Å². The standard InChI is InChI=1S/C53H45N/c1-53(2)49-27-10-8-22-45(49)46-34-33-41(35-50(46)53)54(40-31-29-38(30-32-40)43-24-12-18-36-17-6-7-21-42(36)43)51-28-11-9-23-47(51)48-26-14-20-39-19-13-25-44(52(39)48)37-15-4-3-5-16-37/h6-14,17-35,37H,3-5,15-16H2,1-2H3. The minimum atomic E-state index is -0.101. The van der Waals surface area contributed by atoms with Gasteiger partial charge < -0.3 is 4.90 Å². The number of hydrogen-bond donors (Lipinski definition) is 0. The number of anilines is 3. The van der Waals surface area contributed by atoms with Crippen molar-refractivity contribution in [3.8, 4) is 33.4 Å². The summed E-state index contributed by atoms with van der Waals surface area (Å²) in [6.45, 7) is 4.75. The van der Waals surface area contributed by atoms with Crippen molar-refractivity contribution >= 4 is 38.6 Å². The normalized spacial score (nSPS) is 14.9. The Bertz CT molecular complexity index is 2660. The lowest BCUT2D eigenvalue weighted by molar-refractivity contribution is 0.445. The van der Waals surface area contributed by atoms with Crippen molar-refractivity contribution in [3.63, 3.8) is 0 Å². The van der Waals surface area contributed by atoms with Gasteiger partial charge in [-0.05, 0) is 115 Å². The van der Waals surface area contributed by atoms with Gasteiger partial charge in [0.05, 0.1) is 5.69 Å². The predicted molar refractivity (Wildman–Crippen MR) is 230 cm³/mol. The molecule has 0 N–H and O–H groups in total. The van der Waals surface area contributed by atoms with Gasteiger partial charge in [-0.2, -0.15) is 0 Å². The van der Waals surface area contributed by atoms with Crippen molar-refractivity contribution in [2.75, 3.05) is 4.90 Å². The fourth-order valence-corrected chi connectivity index (χ4v) is 9.77. The van der Waals surface area contributed by atoms with E-state index in [0.29, 0.717) is 5.92 Å². The maximum absolute atomic E-state index is 2.50. The molecule has 0 heterocycles. The van der Waals surface area contributed by atoms with Gasteiger partial charge in [0.15, 0.2) is 0 Å². The highest BCUT2D eigenvalue weighted by Gasteiger charge is 2.36. The van der Waals surface area contributed by atoms with Crippen molar-refractivity contribution in [1.29, 1.82) is 0 Å². The Morgan fingerprint density at radius 1 is 0.463 bits per heavy atom. The highest BCUT2D eigenvalue weighted by atomic mass is 15.1. The molecule has 10 rings (SSSR count). The van der Waals surface area contributed by atoms with Gasteiger partial charge in [-0.25, -0.2) is 0 Å². The highest BCUT2D eigenvalue weighted by molar-refractivity contribution is 6.04. The minimum Gasteiger partial charge on any atom is -0.310 e. The van der Waals surface area contributed by atoms with Gasteiger partial charge in [0.25, 0.3) is 0 Å². The zero-order valence-electron chi connectivity index (χ0n) is 31.2. The van der Waals surface area contributed by atoms with E-state index in [1.165, 1.54) is 115 Å². The van der Waals surface area contributed by atoms with Gasteiger partial charge in [-0.3, -0.25) is 0 Å². The number of para-hydroxylation sites is 1. The summed E-state index contributed by atoms with van der Waals surface area (Å²) < 4.78 is 0. The topological polar surface area (TPSA) is 3.24 Å². The van der Waals surface area contributed by atoms with E-state index in [2.05, 4.69) is 189 Å². The number of benzene rings is 8. The molecule has 0 spiro atoms. The van der Waals surface area contributed by atoms with E-state index < -0.39 is 0 Å². The number of fused-ring (bicyclic) bond motifs is 5. The molecule has 8 aromatic carbocycles. The molecular weight excluding hydrogens is 651 g/mol. The van der Waals surface area contributed by atoms with Gasteiger partial charge >= 0.3 is 0 Å². The molecule has 0 unspecified atom stereocenters. The molecule has 0 amide bonds. The molecule has 54 heavy (non-hydrogen) atoms. The number of hydrogen-bond acceptors (Lipinski definition) is 1. The van der Waals surface area contributed by atoms with Crippen LogP contribution >= 0.6 is 0 Å². The second kappa shape index (κ2) is 13.2. The Morgan fingerprint density at radius 2 is 1.07 bits per heavy atom. The molecule has 1 nitrogen and oxygen atoms in total. The molecule has 0 aromatic heterocycles. The van der Waals surface area contributed by atoms with Gasteiger partial charge in [0.2, 0.25) is 0 Å². The van der Waals surface area contributed by atoms with Crippen molar-refractivity contribution in [2.24, 2.45) is 0 Å². The lowest BCUT2D eigenvalue weighted by Gasteiger charge is -2.30. The molecule has 1 fully saturated rings. The Morgan fingerprint density at radius 3 is 1.91 bits per heavy atom. The van der Waals surface area contributed by atoms with Crippen molar-refractivity contribution in [2.45, 2.75) is 57.3 Å². The Balaban J connectivity index is 1.17. The van der Waals surface area contributed by atoms with Gasteiger partial charge in [-0.15, -0.1) is 0 Å². The maximum atomic E-state index is 2.50. The highest BCUT2D eigenvalue weighted by Crippen LogP contribution is 2.52. The van der Waals surface area contributed by atoms with Crippen LogP contribution in [0.2, 0.25) is 0 Å². The second-order valence-corrected chi connectivity index (χ2v) is 15.9. The van der Waals surface area contributed by atoms with E-state index in [0.717, 1.165) is 5.69 Å². The second-order valence-electron chi connectivity index (χ2n) is 15.9. The summed E-state index contributed by atoms with van der Waals surface area (Å²) in [7, 11) is 0. The quantitative estimate of drug-likeness (QED) is 0.167. The lowest BCUT2D eigenvalue weighted by Crippen LogP contribution is -2.17. The Labute approximate surface area is 319 Å². The fraction of sp³-hybridized carbons (Fsp3) is 0.170. The van der Waals surface area contributed by atoms with Crippen LogP contribution in [0.15, 0.2) is 170 Å². The molecular formula is C53H45N. The molecule has 8 aromatic rings. The number of rotatable bonds is 6. The van der Waals surface area contributed by atoms with Crippen LogP contribution in [-0.2, 0) is 5.41 Å². The smallest absolute Gasteiger partial charge is 0.0540 e. The summed E-state index contributed by atoms with van der Waals surface area (Å²) in [6, 6.07) is 63.6. The fourth-order valence-electron chi connectivity index (χ4n) is 9.77. The van der Waals surface area contributed by atoms with Crippen LogP contribution < -0.4 is 4.90 Å². The van der Waals surface area contributed by atoms with E-state index in [4.69, 9.17) is 0 Å². The van der Waals surface area contributed by atoms with E-state index >= 15 is 0 Å². The third-order valence-electron chi connectivity index (χ3n) is 12.5. The molecule has 2 aliphatic rings. The van der Waals surface area contributed by atoms with Crippen molar-refractivity contribution < 1.29 is 0 Å². The zero-order valence-corrected chi connectivity index (χ0v) is 31.2. The molecule has 262 valence electrons. The predicted octanol–water partition coefficient (Wildman–Crippen LogP) is 15.2. The lowest BCUT2D eigenvalue weighted by atomic mass is 9.80. The van der Waals surface area contributed by atoms with Crippen LogP contribution in [0, 0.1) is 0 Å². The Hall–Kier alpha value is -5.92. The minimum absolute atomic E-state index is 0.101. The van der Waals surface area contributed by atoms with Crippen LogP contribution in [0.1, 0.15) is 68.6 Å². The van der Waals surface area contributed by atoms with Crippen LogP contribution in [0.4, 0.5) is 17.1 Å². The average molecular weight is 696 g/mol. The SMILES string of the molecule is CC1(C)c2ccccc2-c2ccc(N(c3ccc(-c4cccc5ccccc45)cc3)c3ccccc3-c3cccc4cccc(C5CCCCC5)c34)cc21. The first-order chi connectivity index (χ1) is 26.6. The molecule has 1 saturated carbocycles. The maximum Gasteiger partial charge on any atom is 0.0540 e. The molecule has 0 saturated heterocycles. The van der Waals surface area contributed by atoms with E-state index in [-0.39, 0.29) is 5.41 Å². The summed E-state index contributed by atoms with van der Waals surface area (Å²) in [5.74, 6) is 0.606. The van der Waals surface area contributed by atoms with Crippen LogP contribution in [0.3, 0.4) is 0 Å². The molecule has 0 aliphatic heterocycles. The first kappa shape index (κ1) is 32.7. The molecule has 0 bridgehead atoms. The number of nitrogens with zero attached hydrogens (tertiary/aromatic N) is 1. The van der Waals surface area contributed by atoms with E-state index in [1.807, 2.05) is 0 Å². The molecule has 0 radical (unpaired) electrons. The molecule has 0 atom stereocenters. The third kappa shape index (κ3) is 5.37. The zero-order chi connectivity index (χ0) is 36.2. The van der Waals surface area contributed by atoms with Crippen LogP contribution in [-0.4, -0.2) is 0 Å². The third-order valence-corrected chi connectivity index (χ3v) is 12.5. The largest absolute Gasteiger partial charge is 0.310 e. The summed E-state index contributed by atoms with van der Waals surface area (Å²) in [5.41, 5.74) is 15.4. The molecule has 1 heteroatoms. The Kier molecular flexibility index (Phi) is 7.99. The van der Waals surface area contributed by atoms with Crippen molar-refractivity contribution in [3.05, 3.63) is 187 Å². The van der Waals surface area contributed by atoms with Gasteiger partial charge in [0, 0.05) is 22.4 Å². The monoisotopic (exact) mass is 695 g/mol. The summed E-state index contributed by atoms with van der Waals surface area (Å²) >= 11 is 0. The average Bonchev–Trinajstić information content (AvgIpc) is 3.46. The van der Waals surface area contributed by atoms with Crippen LogP contribution in [0.5, 0.6) is 0 Å². The van der Waals surface area contributed by atoms with E-state index in [1.54, 1.807) is 0 Å². The van der Waals surface area contributed by atoms with Crippen molar-refractivity contribution in [1.82, 2.24) is 0 Å². The summed E-state index contributed by atoms with van der Waals surface area (Å²) in [4.78, 5) is 2.50. The van der Waals surface area contributed by atoms with Gasteiger partial charge in [0.1, 0.15) is 0 Å². The summed E-state index contributed by atoms with van der Waals surface area (Å²) in [6.07, 6.45) is 6.55. The summed E-state index contributed by atoms with van der Waals surface area (Å²) in [5, 5.41) is 5.28. The first-order valence-electron chi connectivity index (χ1n) is 19.8. The molecule has 2 aliphatic carbocycles. The van der Waals surface area contributed by atoms with E-state index in [9.17, 15) is 0 Å². The first-order valence-corrected chi connectivity index (χ1v) is 19.8.